The van der Waals surface area contributed by atoms with Gasteiger partial charge in [-0.3, -0.25) is 19.9 Å². The summed E-state index contributed by atoms with van der Waals surface area (Å²) >= 11 is 0. The van der Waals surface area contributed by atoms with Gasteiger partial charge in [0.15, 0.2) is 11.6 Å². The molecule has 0 saturated carbocycles. The van der Waals surface area contributed by atoms with Crippen molar-refractivity contribution in [2.45, 2.75) is 11.8 Å². The van der Waals surface area contributed by atoms with Crippen molar-refractivity contribution < 1.29 is 0 Å². The van der Waals surface area contributed by atoms with E-state index in [0.717, 1.165) is 100 Å². The molecule has 0 aliphatic heterocycles. The fourth-order valence-corrected chi connectivity index (χ4v) is 11.6. The van der Waals surface area contributed by atoms with E-state index in [1.54, 1.807) is 24.8 Å². The fourth-order valence-electron chi connectivity index (χ4n) is 11.6. The van der Waals surface area contributed by atoms with Crippen molar-refractivity contribution in [3.05, 3.63) is 277 Å². The van der Waals surface area contributed by atoms with E-state index in [1.807, 2.05) is 60.7 Å². The standard InChI is InChI=1S/C68H42N8/c1-3-13-41(14-4-1)67-73-59(45-19-9-17-43(35-45)49-23-11-25-57-65(49)71-33-31-69-57)39-61(75-67)47-27-29-53-55(37-47)63-51-21-7-8-22-52(51)64(53)56-38-48(28-30-54(56)63)62-40-60(74-68(76-62)42-15-5-2-6-16-42)46-20-10-18-44(36-46)50-24-12-26-58-66(50)72-34-32-70-58/h1-40,63-64H. The second-order valence-electron chi connectivity index (χ2n) is 19.5. The molecule has 0 radical (unpaired) electrons. The lowest BCUT2D eigenvalue weighted by Crippen LogP contribution is -2.27. The van der Waals surface area contributed by atoms with E-state index >= 15 is 0 Å². The summed E-state index contributed by atoms with van der Waals surface area (Å²) in [6.45, 7) is 0. The Morgan fingerprint density at radius 2 is 0.592 bits per heavy atom. The topological polar surface area (TPSA) is 103 Å². The highest BCUT2D eigenvalue weighted by Gasteiger charge is 2.41. The number of fused-ring (bicyclic) bond motifs is 2. The minimum Gasteiger partial charge on any atom is -0.253 e. The lowest BCUT2D eigenvalue weighted by Gasteiger charge is -2.42. The molecule has 16 rings (SSSR count). The van der Waals surface area contributed by atoms with Gasteiger partial charge in [0.25, 0.3) is 0 Å². The smallest absolute Gasteiger partial charge is 0.160 e. The molecule has 8 heteroatoms. The van der Waals surface area contributed by atoms with Gasteiger partial charge in [0.2, 0.25) is 0 Å². The third-order valence-corrected chi connectivity index (χ3v) is 15.1. The highest BCUT2D eigenvalue weighted by Crippen LogP contribution is 2.57. The molecule has 2 bridgehead atoms. The van der Waals surface area contributed by atoms with Crippen LogP contribution in [-0.2, 0) is 0 Å². The Kier molecular flexibility index (Phi) is 10.2. The molecule has 4 aromatic heterocycles. The van der Waals surface area contributed by atoms with E-state index in [1.165, 1.54) is 33.4 Å². The monoisotopic (exact) mass is 970 g/mol. The van der Waals surface area contributed by atoms with Gasteiger partial charge in [-0.1, -0.05) is 170 Å². The van der Waals surface area contributed by atoms with Gasteiger partial charge in [-0.2, -0.15) is 0 Å². The quantitative estimate of drug-likeness (QED) is 0.148. The number of hydrogen-bond donors (Lipinski definition) is 0. The molecule has 0 amide bonds. The first kappa shape index (κ1) is 43.4. The Hall–Kier alpha value is -10.2. The number of aromatic nitrogens is 8. The Balaban J connectivity index is 0.835. The Morgan fingerprint density at radius 3 is 1.04 bits per heavy atom. The normalized spacial score (nSPS) is 14.1. The first-order chi connectivity index (χ1) is 37.6. The van der Waals surface area contributed by atoms with Crippen molar-refractivity contribution in [3.8, 4) is 90.1 Å². The van der Waals surface area contributed by atoms with Gasteiger partial charge in [-0.05, 0) is 93.0 Å². The molecule has 13 aromatic rings. The van der Waals surface area contributed by atoms with Crippen molar-refractivity contribution in [2.75, 3.05) is 0 Å². The molecular weight excluding hydrogens is 929 g/mol. The summed E-state index contributed by atoms with van der Waals surface area (Å²) in [6, 6.07) is 77.1. The van der Waals surface area contributed by atoms with Gasteiger partial charge in [0.1, 0.15) is 0 Å². The van der Waals surface area contributed by atoms with Crippen LogP contribution in [0.4, 0.5) is 0 Å². The molecule has 76 heavy (non-hydrogen) atoms. The van der Waals surface area contributed by atoms with Gasteiger partial charge < -0.3 is 0 Å². The SMILES string of the molecule is c1ccc(-c2nc(-c3cccc(-c4cccc5nccnc45)c3)cc(-c3ccc4c(c3)C3c5ccccc5C4c4cc(-c5cc(-c6cccc(-c7cccc8nccnc78)c6)nc(-c6ccccc6)n5)ccc43)n2)cc1. The van der Waals surface area contributed by atoms with Crippen molar-refractivity contribution in [3.63, 3.8) is 0 Å². The van der Waals surface area contributed by atoms with Crippen LogP contribution in [0.1, 0.15) is 45.2 Å². The average Bonchev–Trinajstić information content (AvgIpc) is 3.67. The lowest BCUT2D eigenvalue weighted by molar-refractivity contribution is 0.755. The molecule has 9 aromatic carbocycles. The second-order valence-corrected chi connectivity index (χ2v) is 19.5. The fraction of sp³-hybridized carbons (Fsp3) is 0.0294. The Morgan fingerprint density at radius 1 is 0.237 bits per heavy atom. The molecule has 4 heterocycles. The summed E-state index contributed by atoms with van der Waals surface area (Å²) in [5.74, 6) is 1.40. The molecule has 0 spiro atoms. The third-order valence-electron chi connectivity index (χ3n) is 15.1. The Bertz CT molecular complexity index is 4150. The van der Waals surface area contributed by atoms with Gasteiger partial charge >= 0.3 is 0 Å². The summed E-state index contributed by atoms with van der Waals surface area (Å²) in [7, 11) is 0. The summed E-state index contributed by atoms with van der Waals surface area (Å²) in [5, 5.41) is 0. The van der Waals surface area contributed by atoms with Crippen LogP contribution >= 0.6 is 0 Å². The second kappa shape index (κ2) is 17.8. The van der Waals surface area contributed by atoms with Crippen LogP contribution in [0.15, 0.2) is 243 Å². The molecule has 3 aliphatic carbocycles. The number of benzene rings is 9. The van der Waals surface area contributed by atoms with Crippen LogP contribution in [0.2, 0.25) is 0 Å². The zero-order valence-corrected chi connectivity index (χ0v) is 40.8. The predicted molar refractivity (Wildman–Crippen MR) is 302 cm³/mol. The Labute approximate surface area is 438 Å². The van der Waals surface area contributed by atoms with Crippen molar-refractivity contribution in [2.24, 2.45) is 0 Å². The van der Waals surface area contributed by atoms with E-state index in [2.05, 4.69) is 168 Å². The van der Waals surface area contributed by atoms with Gasteiger partial charge in [-0.15, -0.1) is 0 Å². The van der Waals surface area contributed by atoms with Crippen molar-refractivity contribution >= 4 is 22.1 Å². The van der Waals surface area contributed by atoms with E-state index in [4.69, 9.17) is 29.9 Å². The largest absolute Gasteiger partial charge is 0.253 e. The highest BCUT2D eigenvalue weighted by molar-refractivity contribution is 5.94. The molecule has 0 saturated heterocycles. The molecule has 3 aliphatic rings. The maximum Gasteiger partial charge on any atom is 0.160 e. The van der Waals surface area contributed by atoms with Gasteiger partial charge in [-0.25, -0.2) is 19.9 Å². The number of rotatable bonds is 8. The van der Waals surface area contributed by atoms with Crippen molar-refractivity contribution in [1.82, 2.24) is 39.9 Å². The van der Waals surface area contributed by atoms with Crippen LogP contribution in [0, 0.1) is 0 Å². The molecule has 0 fully saturated rings. The van der Waals surface area contributed by atoms with E-state index in [9.17, 15) is 0 Å². The van der Waals surface area contributed by atoms with Crippen LogP contribution < -0.4 is 0 Å². The minimum absolute atomic E-state index is 0.0258. The maximum atomic E-state index is 5.31. The van der Waals surface area contributed by atoms with E-state index in [0.29, 0.717) is 11.6 Å². The minimum atomic E-state index is 0.0258. The van der Waals surface area contributed by atoms with Crippen molar-refractivity contribution in [1.29, 1.82) is 0 Å². The number of para-hydroxylation sites is 2. The highest BCUT2D eigenvalue weighted by atomic mass is 14.9. The first-order valence-corrected chi connectivity index (χ1v) is 25.5. The third kappa shape index (κ3) is 7.37. The first-order valence-electron chi connectivity index (χ1n) is 25.5. The lowest BCUT2D eigenvalue weighted by atomic mass is 9.60. The van der Waals surface area contributed by atoms with Gasteiger partial charge in [0, 0.05) is 81.1 Å². The number of hydrogen-bond acceptors (Lipinski definition) is 8. The molecule has 354 valence electrons. The zero-order chi connectivity index (χ0) is 50.1. The maximum absolute atomic E-state index is 5.31. The molecule has 2 atom stereocenters. The van der Waals surface area contributed by atoms with Gasteiger partial charge in [0.05, 0.1) is 44.8 Å². The van der Waals surface area contributed by atoms with Crippen LogP contribution in [-0.4, -0.2) is 39.9 Å². The number of nitrogens with zero attached hydrogens (tertiary/aromatic N) is 8. The van der Waals surface area contributed by atoms with Crippen LogP contribution in [0.5, 0.6) is 0 Å². The summed E-state index contributed by atoms with van der Waals surface area (Å²) in [6.07, 6.45) is 6.97. The molecule has 0 N–H and O–H groups in total. The molecular formula is C68H42N8. The van der Waals surface area contributed by atoms with Crippen LogP contribution in [0.25, 0.3) is 112 Å². The van der Waals surface area contributed by atoms with Crippen LogP contribution in [0.3, 0.4) is 0 Å². The summed E-state index contributed by atoms with van der Waals surface area (Å²) in [4.78, 5) is 39.7. The zero-order valence-electron chi connectivity index (χ0n) is 40.8. The molecule has 8 nitrogen and oxygen atoms in total. The molecule has 2 unspecified atom stereocenters. The summed E-state index contributed by atoms with van der Waals surface area (Å²) < 4.78 is 0. The van der Waals surface area contributed by atoms with E-state index < -0.39 is 0 Å². The summed E-state index contributed by atoms with van der Waals surface area (Å²) in [5.41, 5.74) is 24.9. The predicted octanol–water partition coefficient (Wildman–Crippen LogP) is 15.5. The van der Waals surface area contributed by atoms with E-state index in [-0.39, 0.29) is 11.8 Å². The average molecular weight is 971 g/mol.